The summed E-state index contributed by atoms with van der Waals surface area (Å²) in [7, 11) is 0. The summed E-state index contributed by atoms with van der Waals surface area (Å²) in [6, 6.07) is 8.52. The van der Waals surface area contributed by atoms with Gasteiger partial charge in [0.15, 0.2) is 0 Å². The van der Waals surface area contributed by atoms with Crippen LogP contribution < -0.4 is 0 Å². The van der Waals surface area contributed by atoms with Gasteiger partial charge in [0, 0.05) is 0 Å². The molecule has 0 spiro atoms. The Morgan fingerprint density at radius 1 is 1.29 bits per heavy atom. The maximum Gasteiger partial charge on any atom is 0.417 e. The molecule has 0 bridgehead atoms. The number of allylic oxidation sites excluding steroid dienone is 1. The Bertz CT molecular complexity index is 737. The quantitative estimate of drug-likeness (QED) is 0.547. The minimum absolute atomic E-state index is 0.166. The molecule has 28 heavy (non-hydrogen) atoms. The normalized spacial score (nSPS) is 22.1. The molecular formula is C22H29NO5. The van der Waals surface area contributed by atoms with Gasteiger partial charge in [-0.2, -0.15) is 0 Å². The van der Waals surface area contributed by atoms with Crippen LogP contribution in [0.25, 0.3) is 0 Å². The number of rotatable bonds is 6. The van der Waals surface area contributed by atoms with Gasteiger partial charge in [-0.15, -0.1) is 6.58 Å². The first-order valence-electron chi connectivity index (χ1n) is 9.51. The van der Waals surface area contributed by atoms with Crippen molar-refractivity contribution >= 4 is 18.0 Å². The van der Waals surface area contributed by atoms with Crippen molar-refractivity contribution in [1.29, 1.82) is 0 Å². The van der Waals surface area contributed by atoms with E-state index in [0.29, 0.717) is 12.8 Å². The Balaban J connectivity index is 2.43. The third-order valence-electron chi connectivity index (χ3n) is 4.64. The molecule has 1 fully saturated rings. The highest BCUT2D eigenvalue weighted by Crippen LogP contribution is 2.43. The van der Waals surface area contributed by atoms with Gasteiger partial charge in [-0.1, -0.05) is 36.4 Å². The van der Waals surface area contributed by atoms with Crippen LogP contribution in [0.3, 0.4) is 0 Å². The SMILES string of the molecule is C=CC[C@@]1(Cc2ccccc2)C[C@@H](C(=O)OCC)N(C(=O)OC(C)(C)C)C1=O. The first-order valence-corrected chi connectivity index (χ1v) is 9.51. The number of carbonyl (C=O) groups excluding carboxylic acids is 3. The van der Waals surface area contributed by atoms with Gasteiger partial charge in [0.25, 0.3) is 0 Å². The monoisotopic (exact) mass is 387 g/mol. The highest BCUT2D eigenvalue weighted by Gasteiger charge is 2.56. The number of amides is 2. The zero-order chi connectivity index (χ0) is 20.9. The first-order chi connectivity index (χ1) is 13.1. The van der Waals surface area contributed by atoms with Gasteiger partial charge >= 0.3 is 12.1 Å². The smallest absolute Gasteiger partial charge is 0.417 e. The summed E-state index contributed by atoms with van der Waals surface area (Å²) in [6.45, 7) is 10.8. The van der Waals surface area contributed by atoms with Crippen LogP contribution in [-0.2, 0) is 25.5 Å². The summed E-state index contributed by atoms with van der Waals surface area (Å²) in [5.41, 5.74) is -0.789. The lowest BCUT2D eigenvalue weighted by atomic mass is 9.76. The largest absolute Gasteiger partial charge is 0.464 e. The van der Waals surface area contributed by atoms with Crippen LogP contribution in [0.4, 0.5) is 4.79 Å². The Kier molecular flexibility index (Phi) is 6.65. The molecule has 0 aliphatic carbocycles. The molecule has 1 heterocycles. The van der Waals surface area contributed by atoms with E-state index in [9.17, 15) is 14.4 Å². The van der Waals surface area contributed by atoms with Crippen molar-refractivity contribution in [2.75, 3.05) is 6.61 Å². The summed E-state index contributed by atoms with van der Waals surface area (Å²) < 4.78 is 10.5. The second kappa shape index (κ2) is 8.59. The number of nitrogens with zero attached hydrogens (tertiary/aromatic N) is 1. The topological polar surface area (TPSA) is 72.9 Å². The molecule has 0 saturated carbocycles. The molecule has 0 radical (unpaired) electrons. The third kappa shape index (κ3) is 4.80. The van der Waals surface area contributed by atoms with Crippen LogP contribution in [0.15, 0.2) is 43.0 Å². The molecule has 1 aliphatic heterocycles. The molecule has 1 aromatic rings. The number of carbonyl (C=O) groups is 3. The van der Waals surface area contributed by atoms with Crippen LogP contribution in [-0.4, -0.2) is 41.1 Å². The van der Waals surface area contributed by atoms with Crippen molar-refractivity contribution in [1.82, 2.24) is 4.90 Å². The molecule has 0 unspecified atom stereocenters. The Labute approximate surface area is 166 Å². The average molecular weight is 387 g/mol. The lowest BCUT2D eigenvalue weighted by Gasteiger charge is -2.28. The van der Waals surface area contributed by atoms with Gasteiger partial charge in [-0.3, -0.25) is 4.79 Å². The van der Waals surface area contributed by atoms with Crippen molar-refractivity contribution < 1.29 is 23.9 Å². The number of hydrogen-bond acceptors (Lipinski definition) is 5. The fourth-order valence-electron chi connectivity index (χ4n) is 3.55. The van der Waals surface area contributed by atoms with E-state index in [4.69, 9.17) is 9.47 Å². The molecule has 6 nitrogen and oxygen atoms in total. The zero-order valence-electron chi connectivity index (χ0n) is 17.1. The number of benzene rings is 1. The third-order valence-corrected chi connectivity index (χ3v) is 4.64. The number of hydrogen-bond donors (Lipinski definition) is 0. The number of likely N-dealkylation sites (tertiary alicyclic amines) is 1. The van der Waals surface area contributed by atoms with E-state index in [-0.39, 0.29) is 13.0 Å². The van der Waals surface area contributed by atoms with E-state index in [0.717, 1.165) is 10.5 Å². The van der Waals surface area contributed by atoms with E-state index in [1.54, 1.807) is 33.8 Å². The number of ether oxygens (including phenoxy) is 2. The van der Waals surface area contributed by atoms with Gasteiger partial charge in [-0.25, -0.2) is 14.5 Å². The summed E-state index contributed by atoms with van der Waals surface area (Å²) >= 11 is 0. The van der Waals surface area contributed by atoms with Crippen molar-refractivity contribution in [2.45, 2.75) is 58.6 Å². The van der Waals surface area contributed by atoms with Crippen LogP contribution in [0.5, 0.6) is 0 Å². The molecule has 1 aromatic carbocycles. The number of esters is 1. The molecular weight excluding hydrogens is 358 g/mol. The van der Waals surface area contributed by atoms with Gasteiger partial charge in [0.2, 0.25) is 5.91 Å². The number of imide groups is 1. The zero-order valence-corrected chi connectivity index (χ0v) is 17.1. The molecule has 2 amide bonds. The lowest BCUT2D eigenvalue weighted by molar-refractivity contribution is -0.151. The minimum atomic E-state index is -1.01. The second-order valence-electron chi connectivity index (χ2n) is 8.06. The van der Waals surface area contributed by atoms with Crippen molar-refractivity contribution in [3.8, 4) is 0 Å². The van der Waals surface area contributed by atoms with Gasteiger partial charge in [0.1, 0.15) is 11.6 Å². The maximum atomic E-state index is 13.4. The van der Waals surface area contributed by atoms with Crippen LogP contribution >= 0.6 is 0 Å². The molecule has 152 valence electrons. The Morgan fingerprint density at radius 3 is 2.46 bits per heavy atom. The second-order valence-corrected chi connectivity index (χ2v) is 8.06. The van der Waals surface area contributed by atoms with Crippen LogP contribution in [0.1, 0.15) is 46.1 Å². The Hall–Kier alpha value is -2.63. The fraction of sp³-hybridized carbons (Fsp3) is 0.500. The molecule has 1 saturated heterocycles. The highest BCUT2D eigenvalue weighted by atomic mass is 16.6. The molecule has 0 N–H and O–H groups in total. The summed E-state index contributed by atoms with van der Waals surface area (Å²) in [4.78, 5) is 39.7. The summed E-state index contributed by atoms with van der Waals surface area (Å²) in [5.74, 6) is -1.02. The van der Waals surface area contributed by atoms with Crippen LogP contribution in [0.2, 0.25) is 0 Å². The standard InChI is InChI=1S/C22H29NO5/c1-6-13-22(14-16-11-9-8-10-12-16)15-17(18(24)27-7-2)23(19(22)25)20(26)28-21(3,4)5/h6,8-12,17H,1,7,13-15H2,2-5H3/t17-,22+/m0/s1. The molecule has 2 rings (SSSR count). The first kappa shape index (κ1) is 21.7. The molecule has 0 aromatic heterocycles. The van der Waals surface area contributed by atoms with E-state index in [2.05, 4.69) is 6.58 Å². The molecule has 1 aliphatic rings. The van der Waals surface area contributed by atoms with E-state index in [1.165, 1.54) is 0 Å². The highest BCUT2D eigenvalue weighted by molar-refractivity contribution is 6.02. The lowest BCUT2D eigenvalue weighted by Crippen LogP contribution is -2.47. The summed E-state index contributed by atoms with van der Waals surface area (Å²) in [6.07, 6.45) is 1.74. The maximum absolute atomic E-state index is 13.4. The predicted octanol–water partition coefficient (Wildman–Crippen LogP) is 3.89. The average Bonchev–Trinajstić information content (AvgIpc) is 2.88. The minimum Gasteiger partial charge on any atom is -0.464 e. The summed E-state index contributed by atoms with van der Waals surface area (Å²) in [5, 5.41) is 0. The van der Waals surface area contributed by atoms with Gasteiger partial charge in [-0.05, 0) is 52.5 Å². The van der Waals surface area contributed by atoms with Crippen molar-refractivity contribution in [3.63, 3.8) is 0 Å². The van der Waals surface area contributed by atoms with E-state index < -0.39 is 35.0 Å². The Morgan fingerprint density at radius 2 is 1.93 bits per heavy atom. The van der Waals surface area contributed by atoms with Crippen molar-refractivity contribution in [2.24, 2.45) is 5.41 Å². The molecule has 2 atom stereocenters. The fourth-order valence-corrected chi connectivity index (χ4v) is 3.55. The molecule has 6 heteroatoms. The van der Waals surface area contributed by atoms with Gasteiger partial charge in [0.05, 0.1) is 12.0 Å². The van der Waals surface area contributed by atoms with E-state index in [1.807, 2.05) is 30.3 Å². The van der Waals surface area contributed by atoms with E-state index >= 15 is 0 Å². The van der Waals surface area contributed by atoms with Crippen LogP contribution in [0, 0.1) is 5.41 Å². The van der Waals surface area contributed by atoms with Gasteiger partial charge < -0.3 is 9.47 Å². The van der Waals surface area contributed by atoms with Crippen molar-refractivity contribution in [3.05, 3.63) is 48.6 Å². The predicted molar refractivity (Wildman–Crippen MR) is 106 cm³/mol.